The van der Waals surface area contributed by atoms with E-state index in [0.29, 0.717) is 22.9 Å². The number of carbonyl (C=O) groups is 1. The Morgan fingerprint density at radius 2 is 2.25 bits per heavy atom. The van der Waals surface area contributed by atoms with Gasteiger partial charge in [0.2, 0.25) is 0 Å². The first-order valence-corrected chi connectivity index (χ1v) is 6.15. The fourth-order valence-corrected chi connectivity index (χ4v) is 2.53. The zero-order chi connectivity index (χ0) is 11.9. The van der Waals surface area contributed by atoms with Crippen LogP contribution >= 0.6 is 27.5 Å². The van der Waals surface area contributed by atoms with Crippen LogP contribution in [0.5, 0.6) is 5.75 Å². The number of ether oxygens (including phenoxy) is 1. The van der Waals surface area contributed by atoms with Crippen molar-refractivity contribution in [1.82, 2.24) is 0 Å². The van der Waals surface area contributed by atoms with Gasteiger partial charge in [-0.25, -0.2) is 0 Å². The third kappa shape index (κ3) is 1.80. The highest BCUT2D eigenvalue weighted by Gasteiger charge is 2.32. The van der Waals surface area contributed by atoms with Crippen LogP contribution in [0.2, 0.25) is 5.02 Å². The molecule has 1 heterocycles. The summed E-state index contributed by atoms with van der Waals surface area (Å²) in [5.41, 5.74) is 0.703. The topological polar surface area (TPSA) is 29.5 Å². The Morgan fingerprint density at radius 3 is 2.88 bits per heavy atom. The van der Waals surface area contributed by atoms with Gasteiger partial charge in [0.1, 0.15) is 0 Å². The molecule has 0 aromatic heterocycles. The molecular formula is C11H11BrClNO2. The van der Waals surface area contributed by atoms with Crippen molar-refractivity contribution in [2.75, 3.05) is 11.9 Å². The summed E-state index contributed by atoms with van der Waals surface area (Å²) in [5.74, 6) is 0.544. The summed E-state index contributed by atoms with van der Waals surface area (Å²) in [5, 5.41) is 0.516. The Morgan fingerprint density at radius 1 is 1.56 bits per heavy atom. The van der Waals surface area contributed by atoms with Crippen molar-refractivity contribution in [2.45, 2.75) is 19.4 Å². The molecule has 0 spiro atoms. The molecule has 16 heavy (non-hydrogen) atoms. The van der Waals surface area contributed by atoms with E-state index < -0.39 is 6.10 Å². The Hall–Kier alpha value is -0.740. The molecule has 1 aliphatic heterocycles. The zero-order valence-corrected chi connectivity index (χ0v) is 11.3. The number of fused-ring (bicyclic) bond motifs is 1. The fourth-order valence-electron chi connectivity index (χ4n) is 1.70. The van der Waals surface area contributed by atoms with Crippen LogP contribution in [0.15, 0.2) is 16.6 Å². The van der Waals surface area contributed by atoms with Crippen molar-refractivity contribution < 1.29 is 9.53 Å². The van der Waals surface area contributed by atoms with Gasteiger partial charge in [-0.1, -0.05) is 34.5 Å². The maximum absolute atomic E-state index is 11.9. The zero-order valence-electron chi connectivity index (χ0n) is 8.96. The summed E-state index contributed by atoms with van der Waals surface area (Å²) in [7, 11) is 1.73. The van der Waals surface area contributed by atoms with Crippen molar-refractivity contribution in [2.24, 2.45) is 0 Å². The van der Waals surface area contributed by atoms with E-state index in [1.165, 1.54) is 0 Å². The minimum atomic E-state index is -0.434. The number of likely N-dealkylation sites (N-methyl/N-ethyl adjacent to an activating group) is 1. The molecule has 0 aliphatic carbocycles. The molecule has 1 aromatic rings. The van der Waals surface area contributed by atoms with Crippen molar-refractivity contribution in [1.29, 1.82) is 0 Å². The second-order valence-corrected chi connectivity index (χ2v) is 4.97. The minimum absolute atomic E-state index is 0.0378. The normalized spacial score (nSPS) is 19.4. The van der Waals surface area contributed by atoms with Gasteiger partial charge in [0.05, 0.1) is 10.7 Å². The molecule has 0 saturated carbocycles. The summed E-state index contributed by atoms with van der Waals surface area (Å²) < 4.78 is 6.43. The van der Waals surface area contributed by atoms with E-state index in [1.807, 2.05) is 13.0 Å². The van der Waals surface area contributed by atoms with Gasteiger partial charge in [-0.3, -0.25) is 4.79 Å². The molecule has 2 rings (SSSR count). The first-order valence-electron chi connectivity index (χ1n) is 4.98. The number of carbonyl (C=O) groups excluding carboxylic acids is 1. The van der Waals surface area contributed by atoms with E-state index in [1.54, 1.807) is 18.0 Å². The minimum Gasteiger partial charge on any atom is -0.477 e. The summed E-state index contributed by atoms with van der Waals surface area (Å²) in [6.07, 6.45) is 0.200. The maximum atomic E-state index is 11.9. The van der Waals surface area contributed by atoms with E-state index >= 15 is 0 Å². The number of rotatable bonds is 1. The lowest BCUT2D eigenvalue weighted by molar-refractivity contribution is -0.126. The van der Waals surface area contributed by atoms with E-state index in [-0.39, 0.29) is 5.91 Å². The average molecular weight is 305 g/mol. The van der Waals surface area contributed by atoms with Gasteiger partial charge in [0.15, 0.2) is 11.9 Å². The molecular weight excluding hydrogens is 293 g/mol. The van der Waals surface area contributed by atoms with Gasteiger partial charge in [-0.2, -0.15) is 0 Å². The first-order chi connectivity index (χ1) is 7.54. The van der Waals surface area contributed by atoms with E-state index in [0.717, 1.165) is 4.47 Å². The maximum Gasteiger partial charge on any atom is 0.267 e. The number of nitrogens with zero attached hydrogens (tertiary/aromatic N) is 1. The first kappa shape index (κ1) is 11.7. The summed E-state index contributed by atoms with van der Waals surface area (Å²) in [4.78, 5) is 13.5. The van der Waals surface area contributed by atoms with Crippen LogP contribution in [0.3, 0.4) is 0 Å². The molecule has 86 valence electrons. The predicted octanol–water partition coefficient (Wildman–Crippen LogP) is 3.24. The van der Waals surface area contributed by atoms with Crippen LogP contribution < -0.4 is 9.64 Å². The van der Waals surface area contributed by atoms with Crippen molar-refractivity contribution in [3.63, 3.8) is 0 Å². The van der Waals surface area contributed by atoms with Gasteiger partial charge in [-0.05, 0) is 18.6 Å². The highest BCUT2D eigenvalue weighted by molar-refractivity contribution is 9.10. The molecule has 1 aliphatic rings. The van der Waals surface area contributed by atoms with Crippen LogP contribution in [0.4, 0.5) is 5.69 Å². The lowest BCUT2D eigenvalue weighted by atomic mass is 10.1. The third-order valence-electron chi connectivity index (χ3n) is 2.59. The third-order valence-corrected chi connectivity index (χ3v) is 3.33. The molecule has 3 nitrogen and oxygen atoms in total. The van der Waals surface area contributed by atoms with Crippen LogP contribution in [-0.2, 0) is 4.79 Å². The second-order valence-electron chi connectivity index (χ2n) is 3.65. The average Bonchev–Trinajstić information content (AvgIpc) is 2.24. The molecule has 0 N–H and O–H groups in total. The Balaban J connectivity index is 2.54. The van der Waals surface area contributed by atoms with E-state index in [9.17, 15) is 4.79 Å². The number of benzene rings is 1. The summed E-state index contributed by atoms with van der Waals surface area (Å²) in [6, 6.07) is 3.59. The van der Waals surface area contributed by atoms with Gasteiger partial charge in [0, 0.05) is 11.5 Å². The van der Waals surface area contributed by atoms with Crippen molar-refractivity contribution in [3.05, 3.63) is 21.6 Å². The standard InChI is InChI=1S/C11H11BrClNO2/c1-3-9-11(15)14(2)8-5-6(12)4-7(13)10(8)16-9/h4-5,9H,3H2,1-2H3. The molecule has 0 bridgehead atoms. The van der Waals surface area contributed by atoms with Gasteiger partial charge in [0.25, 0.3) is 5.91 Å². The molecule has 0 fully saturated rings. The van der Waals surface area contributed by atoms with Gasteiger partial charge in [-0.15, -0.1) is 0 Å². The van der Waals surface area contributed by atoms with E-state index in [4.69, 9.17) is 16.3 Å². The smallest absolute Gasteiger partial charge is 0.267 e. The largest absolute Gasteiger partial charge is 0.477 e. The predicted molar refractivity (Wildman–Crippen MR) is 67.3 cm³/mol. The van der Waals surface area contributed by atoms with Crippen molar-refractivity contribution >= 4 is 39.1 Å². The lowest BCUT2D eigenvalue weighted by Crippen LogP contribution is -2.43. The molecule has 1 aromatic carbocycles. The molecule has 5 heteroatoms. The number of anilines is 1. The SMILES string of the molecule is CCC1Oc2c(Cl)cc(Br)cc2N(C)C1=O. The number of hydrogen-bond donors (Lipinski definition) is 0. The van der Waals surface area contributed by atoms with Crippen LogP contribution in [0.1, 0.15) is 13.3 Å². The molecule has 0 saturated heterocycles. The lowest BCUT2D eigenvalue weighted by Gasteiger charge is -2.32. The molecule has 1 atom stereocenters. The molecule has 1 unspecified atom stereocenters. The van der Waals surface area contributed by atoms with Gasteiger partial charge >= 0.3 is 0 Å². The molecule has 1 amide bonds. The van der Waals surface area contributed by atoms with Crippen molar-refractivity contribution in [3.8, 4) is 5.75 Å². The fraction of sp³-hybridized carbons (Fsp3) is 0.364. The summed E-state index contributed by atoms with van der Waals surface area (Å²) >= 11 is 9.43. The molecule has 0 radical (unpaired) electrons. The number of hydrogen-bond acceptors (Lipinski definition) is 2. The highest BCUT2D eigenvalue weighted by atomic mass is 79.9. The van der Waals surface area contributed by atoms with Crippen LogP contribution in [0.25, 0.3) is 0 Å². The Kier molecular flexibility index (Phi) is 3.13. The summed E-state index contributed by atoms with van der Waals surface area (Å²) in [6.45, 7) is 1.91. The van der Waals surface area contributed by atoms with Crippen LogP contribution in [0, 0.1) is 0 Å². The Labute approximate surface area is 107 Å². The van der Waals surface area contributed by atoms with E-state index in [2.05, 4.69) is 15.9 Å². The second kappa shape index (κ2) is 4.26. The number of halogens is 2. The quantitative estimate of drug-likeness (QED) is 0.797. The highest BCUT2D eigenvalue weighted by Crippen LogP contribution is 2.41. The number of amides is 1. The van der Waals surface area contributed by atoms with Crippen LogP contribution in [-0.4, -0.2) is 19.1 Å². The monoisotopic (exact) mass is 303 g/mol. The Bertz CT molecular complexity index is 450. The van der Waals surface area contributed by atoms with Gasteiger partial charge < -0.3 is 9.64 Å².